The SMILES string of the molecule is Cc1cccc(-n2cc(C(=O)NCCO)nn2)c1. The van der Waals surface area contributed by atoms with Crippen LogP contribution in [0.3, 0.4) is 0 Å². The van der Waals surface area contributed by atoms with Crippen LogP contribution in [0.5, 0.6) is 0 Å². The highest BCUT2D eigenvalue weighted by molar-refractivity contribution is 5.91. The van der Waals surface area contributed by atoms with E-state index in [1.165, 1.54) is 0 Å². The van der Waals surface area contributed by atoms with Gasteiger partial charge in [-0.2, -0.15) is 0 Å². The topological polar surface area (TPSA) is 80.0 Å². The van der Waals surface area contributed by atoms with Crippen molar-refractivity contribution in [2.45, 2.75) is 6.92 Å². The molecule has 0 fully saturated rings. The first-order valence-corrected chi connectivity index (χ1v) is 5.59. The zero-order valence-corrected chi connectivity index (χ0v) is 10.00. The van der Waals surface area contributed by atoms with Gasteiger partial charge in [-0.1, -0.05) is 17.3 Å². The first-order chi connectivity index (χ1) is 8.70. The van der Waals surface area contributed by atoms with E-state index in [1.807, 2.05) is 31.2 Å². The first kappa shape index (κ1) is 12.3. The van der Waals surface area contributed by atoms with Crippen LogP contribution in [0.4, 0.5) is 0 Å². The summed E-state index contributed by atoms with van der Waals surface area (Å²) >= 11 is 0. The number of aliphatic hydroxyl groups excluding tert-OH is 1. The van der Waals surface area contributed by atoms with E-state index in [-0.39, 0.29) is 24.8 Å². The van der Waals surface area contributed by atoms with Crippen LogP contribution in [0.1, 0.15) is 16.1 Å². The minimum absolute atomic E-state index is 0.0994. The number of benzene rings is 1. The number of hydrogen-bond acceptors (Lipinski definition) is 4. The molecule has 1 aromatic heterocycles. The Hall–Kier alpha value is -2.21. The summed E-state index contributed by atoms with van der Waals surface area (Å²) in [5.74, 6) is -0.344. The lowest BCUT2D eigenvalue weighted by Gasteiger charge is -2.00. The normalized spacial score (nSPS) is 10.3. The molecule has 6 nitrogen and oxygen atoms in total. The average molecular weight is 246 g/mol. The second-order valence-electron chi connectivity index (χ2n) is 3.87. The van der Waals surface area contributed by atoms with Crippen LogP contribution in [-0.2, 0) is 0 Å². The number of aryl methyl sites for hydroxylation is 1. The fourth-order valence-corrected chi connectivity index (χ4v) is 1.52. The number of aliphatic hydroxyl groups is 1. The standard InChI is InChI=1S/C12H14N4O2/c1-9-3-2-4-10(7-9)16-8-11(14-15-16)12(18)13-5-6-17/h2-4,7-8,17H,5-6H2,1H3,(H,13,18). The lowest BCUT2D eigenvalue weighted by Crippen LogP contribution is -2.26. The lowest BCUT2D eigenvalue weighted by atomic mass is 10.2. The first-order valence-electron chi connectivity index (χ1n) is 5.59. The van der Waals surface area contributed by atoms with Gasteiger partial charge < -0.3 is 10.4 Å². The van der Waals surface area contributed by atoms with Crippen molar-refractivity contribution >= 4 is 5.91 Å². The van der Waals surface area contributed by atoms with Gasteiger partial charge in [0, 0.05) is 6.54 Å². The summed E-state index contributed by atoms with van der Waals surface area (Å²) in [6.45, 7) is 2.09. The van der Waals surface area contributed by atoms with Crippen molar-refractivity contribution < 1.29 is 9.90 Å². The van der Waals surface area contributed by atoms with Crippen molar-refractivity contribution in [2.75, 3.05) is 13.2 Å². The van der Waals surface area contributed by atoms with E-state index in [2.05, 4.69) is 15.6 Å². The van der Waals surface area contributed by atoms with Crippen LogP contribution in [-0.4, -0.2) is 39.2 Å². The molecule has 0 radical (unpaired) electrons. The highest BCUT2D eigenvalue weighted by atomic mass is 16.3. The molecule has 0 aliphatic heterocycles. The summed E-state index contributed by atoms with van der Waals surface area (Å²) in [6.07, 6.45) is 1.56. The minimum Gasteiger partial charge on any atom is -0.395 e. The van der Waals surface area contributed by atoms with Gasteiger partial charge in [-0.3, -0.25) is 4.79 Å². The van der Waals surface area contributed by atoms with Gasteiger partial charge in [0.05, 0.1) is 18.5 Å². The Labute approximate surface area is 104 Å². The molecule has 0 unspecified atom stereocenters. The van der Waals surface area contributed by atoms with Gasteiger partial charge in [-0.05, 0) is 24.6 Å². The predicted molar refractivity (Wildman–Crippen MR) is 65.5 cm³/mol. The molecule has 2 rings (SSSR count). The molecule has 6 heteroatoms. The monoisotopic (exact) mass is 246 g/mol. The lowest BCUT2D eigenvalue weighted by molar-refractivity contribution is 0.0939. The number of rotatable bonds is 4. The Morgan fingerprint density at radius 1 is 1.50 bits per heavy atom. The zero-order valence-electron chi connectivity index (χ0n) is 10.00. The molecule has 0 saturated heterocycles. The number of hydrogen-bond donors (Lipinski definition) is 2. The van der Waals surface area contributed by atoms with Gasteiger partial charge in [-0.15, -0.1) is 5.10 Å². The Morgan fingerprint density at radius 3 is 3.06 bits per heavy atom. The summed E-state index contributed by atoms with van der Waals surface area (Å²) in [5, 5.41) is 18.8. The number of aromatic nitrogens is 3. The zero-order chi connectivity index (χ0) is 13.0. The molecule has 2 N–H and O–H groups in total. The molecule has 1 amide bonds. The molecule has 0 spiro atoms. The molecule has 0 aliphatic carbocycles. The molecule has 1 heterocycles. The average Bonchev–Trinajstić information content (AvgIpc) is 2.85. The third kappa shape index (κ3) is 2.72. The fraction of sp³-hybridized carbons (Fsp3) is 0.250. The molecule has 0 aliphatic rings. The molecule has 0 saturated carbocycles. The van der Waals surface area contributed by atoms with E-state index in [9.17, 15) is 4.79 Å². The molecule has 1 aromatic carbocycles. The van der Waals surface area contributed by atoms with Gasteiger partial charge in [0.1, 0.15) is 0 Å². The second-order valence-corrected chi connectivity index (χ2v) is 3.87. The molecule has 0 atom stereocenters. The van der Waals surface area contributed by atoms with Crippen molar-refractivity contribution in [3.05, 3.63) is 41.7 Å². The maximum atomic E-state index is 11.6. The van der Waals surface area contributed by atoms with E-state index < -0.39 is 0 Å². The molecular formula is C12H14N4O2. The molecule has 0 bridgehead atoms. The summed E-state index contributed by atoms with van der Waals surface area (Å²) in [7, 11) is 0. The van der Waals surface area contributed by atoms with Gasteiger partial charge in [0.2, 0.25) is 0 Å². The minimum atomic E-state index is -0.344. The molecule has 94 valence electrons. The van der Waals surface area contributed by atoms with Crippen LogP contribution in [0, 0.1) is 6.92 Å². The van der Waals surface area contributed by atoms with E-state index in [0.29, 0.717) is 0 Å². The maximum Gasteiger partial charge on any atom is 0.273 e. The van der Waals surface area contributed by atoms with Gasteiger partial charge >= 0.3 is 0 Å². The Morgan fingerprint density at radius 2 is 2.33 bits per heavy atom. The van der Waals surface area contributed by atoms with Crippen LogP contribution in [0.2, 0.25) is 0 Å². The molecule has 18 heavy (non-hydrogen) atoms. The highest BCUT2D eigenvalue weighted by Crippen LogP contribution is 2.08. The van der Waals surface area contributed by atoms with Crippen LogP contribution in [0.25, 0.3) is 5.69 Å². The van der Waals surface area contributed by atoms with Crippen molar-refractivity contribution in [3.8, 4) is 5.69 Å². The molecule has 2 aromatic rings. The summed E-state index contributed by atoms with van der Waals surface area (Å²) in [6, 6.07) is 7.73. The second kappa shape index (κ2) is 5.42. The quantitative estimate of drug-likeness (QED) is 0.813. The summed E-state index contributed by atoms with van der Waals surface area (Å²) in [5.41, 5.74) is 2.18. The van der Waals surface area contributed by atoms with Crippen molar-refractivity contribution in [1.82, 2.24) is 20.3 Å². The Kier molecular flexibility index (Phi) is 3.69. The number of nitrogens with one attached hydrogen (secondary N) is 1. The van der Waals surface area contributed by atoms with Crippen molar-refractivity contribution in [1.29, 1.82) is 0 Å². The smallest absolute Gasteiger partial charge is 0.273 e. The van der Waals surface area contributed by atoms with Gasteiger partial charge in [-0.25, -0.2) is 4.68 Å². The van der Waals surface area contributed by atoms with Crippen molar-refractivity contribution in [3.63, 3.8) is 0 Å². The van der Waals surface area contributed by atoms with E-state index in [4.69, 9.17) is 5.11 Å². The number of nitrogens with zero attached hydrogens (tertiary/aromatic N) is 3. The predicted octanol–water partition coefficient (Wildman–Crippen LogP) is 0.298. The summed E-state index contributed by atoms with van der Waals surface area (Å²) in [4.78, 5) is 11.6. The van der Waals surface area contributed by atoms with Gasteiger partial charge in [0.25, 0.3) is 5.91 Å². The van der Waals surface area contributed by atoms with Crippen molar-refractivity contribution in [2.24, 2.45) is 0 Å². The van der Waals surface area contributed by atoms with Crippen LogP contribution >= 0.6 is 0 Å². The largest absolute Gasteiger partial charge is 0.395 e. The van der Waals surface area contributed by atoms with Crippen LogP contribution < -0.4 is 5.32 Å². The fourth-order valence-electron chi connectivity index (χ4n) is 1.52. The third-order valence-electron chi connectivity index (χ3n) is 2.39. The number of amides is 1. The maximum absolute atomic E-state index is 11.6. The van der Waals surface area contributed by atoms with E-state index in [1.54, 1.807) is 10.9 Å². The number of carbonyl (C=O) groups excluding carboxylic acids is 1. The number of carbonyl (C=O) groups is 1. The molecular weight excluding hydrogens is 232 g/mol. The third-order valence-corrected chi connectivity index (χ3v) is 2.39. The highest BCUT2D eigenvalue weighted by Gasteiger charge is 2.10. The van der Waals surface area contributed by atoms with E-state index >= 15 is 0 Å². The van der Waals surface area contributed by atoms with E-state index in [0.717, 1.165) is 11.3 Å². The van der Waals surface area contributed by atoms with Gasteiger partial charge in [0.15, 0.2) is 5.69 Å². The summed E-state index contributed by atoms with van der Waals surface area (Å²) < 4.78 is 1.54. The Bertz CT molecular complexity index is 551. The Balaban J connectivity index is 2.17. The van der Waals surface area contributed by atoms with Crippen LogP contribution in [0.15, 0.2) is 30.5 Å².